The number of nitrogens with one attached hydrogen (secondary N) is 1. The van der Waals surface area contributed by atoms with Gasteiger partial charge in [-0.05, 0) is 12.1 Å². The third kappa shape index (κ3) is 1.37. The van der Waals surface area contributed by atoms with Crippen LogP contribution in [0.25, 0.3) is 0 Å². The van der Waals surface area contributed by atoms with Crippen molar-refractivity contribution in [2.24, 2.45) is 0 Å². The predicted octanol–water partition coefficient (Wildman–Crippen LogP) is 1.66. The molecule has 1 amide bonds. The lowest BCUT2D eigenvalue weighted by molar-refractivity contribution is -0.189. The minimum Gasteiger partial charge on any atom is -0.421 e. The summed E-state index contributed by atoms with van der Waals surface area (Å²) in [4.78, 5) is 14.3. The maximum atomic E-state index is 12.7. The number of nitrogens with zero attached hydrogens (tertiary/aromatic N) is 1. The number of halogens is 3. The number of hydrogen-bond donors (Lipinski definition) is 1. The van der Waals surface area contributed by atoms with Crippen molar-refractivity contribution >= 4 is 23.3 Å². The van der Waals surface area contributed by atoms with Crippen LogP contribution >= 0.6 is 11.6 Å². The van der Waals surface area contributed by atoms with E-state index in [1.54, 1.807) is 0 Å². The maximum Gasteiger partial charge on any atom is 0.482 e. The van der Waals surface area contributed by atoms with Crippen molar-refractivity contribution in [3.8, 4) is 5.75 Å². The SMILES string of the molecule is O=C1Nc2nc(Cl)ccc2OC1(F)F. The Morgan fingerprint density at radius 3 is 2.93 bits per heavy atom. The third-order valence-corrected chi connectivity index (χ3v) is 1.77. The first-order valence-corrected chi connectivity index (χ1v) is 3.92. The van der Waals surface area contributed by atoms with Crippen molar-refractivity contribution in [2.75, 3.05) is 5.32 Å². The Morgan fingerprint density at radius 2 is 2.21 bits per heavy atom. The molecule has 1 N–H and O–H groups in total. The number of anilines is 1. The minimum atomic E-state index is -3.86. The summed E-state index contributed by atoms with van der Waals surface area (Å²) in [6.07, 6.45) is -3.86. The highest BCUT2D eigenvalue weighted by atomic mass is 35.5. The van der Waals surface area contributed by atoms with Gasteiger partial charge >= 0.3 is 12.0 Å². The Balaban J connectivity index is 2.46. The lowest BCUT2D eigenvalue weighted by atomic mass is 10.3. The van der Waals surface area contributed by atoms with Gasteiger partial charge in [0, 0.05) is 0 Å². The molecule has 1 aliphatic rings. The minimum absolute atomic E-state index is 0.0814. The normalized spacial score (nSPS) is 18.1. The van der Waals surface area contributed by atoms with E-state index in [2.05, 4.69) is 9.72 Å². The summed E-state index contributed by atoms with van der Waals surface area (Å²) in [6.45, 7) is 0. The van der Waals surface area contributed by atoms with Gasteiger partial charge in [0.25, 0.3) is 0 Å². The molecule has 0 fully saturated rings. The molecule has 4 nitrogen and oxygen atoms in total. The number of fused-ring (bicyclic) bond motifs is 1. The monoisotopic (exact) mass is 220 g/mol. The largest absolute Gasteiger partial charge is 0.482 e. The maximum absolute atomic E-state index is 12.7. The van der Waals surface area contributed by atoms with Crippen LogP contribution < -0.4 is 10.1 Å². The summed E-state index contributed by atoms with van der Waals surface area (Å²) in [6, 6.07) is 2.49. The molecule has 7 heteroatoms. The second-order valence-electron chi connectivity index (χ2n) is 2.55. The van der Waals surface area contributed by atoms with Gasteiger partial charge in [0.05, 0.1) is 0 Å². The van der Waals surface area contributed by atoms with Gasteiger partial charge < -0.3 is 4.74 Å². The van der Waals surface area contributed by atoms with E-state index in [1.807, 2.05) is 5.32 Å². The molecular weight excluding hydrogens is 218 g/mol. The van der Waals surface area contributed by atoms with Gasteiger partial charge in [0.15, 0.2) is 11.6 Å². The number of carbonyl (C=O) groups excluding carboxylic acids is 1. The highest BCUT2D eigenvalue weighted by Gasteiger charge is 2.46. The molecule has 1 aromatic rings. The van der Waals surface area contributed by atoms with Gasteiger partial charge in [-0.1, -0.05) is 11.6 Å². The summed E-state index contributed by atoms with van der Waals surface area (Å²) in [7, 11) is 0. The van der Waals surface area contributed by atoms with Crippen molar-refractivity contribution in [3.05, 3.63) is 17.3 Å². The summed E-state index contributed by atoms with van der Waals surface area (Å²) in [5.74, 6) is -1.87. The number of hydrogen-bond acceptors (Lipinski definition) is 3. The fourth-order valence-electron chi connectivity index (χ4n) is 0.959. The lowest BCUT2D eigenvalue weighted by Crippen LogP contribution is -2.43. The highest BCUT2D eigenvalue weighted by Crippen LogP contribution is 2.34. The summed E-state index contributed by atoms with van der Waals surface area (Å²) in [5, 5.41) is 1.96. The molecule has 14 heavy (non-hydrogen) atoms. The quantitative estimate of drug-likeness (QED) is 0.677. The van der Waals surface area contributed by atoms with Crippen molar-refractivity contribution in [1.29, 1.82) is 0 Å². The molecule has 74 valence electrons. The predicted molar refractivity (Wildman–Crippen MR) is 43.5 cm³/mol. The van der Waals surface area contributed by atoms with Crippen LogP contribution in [-0.2, 0) is 4.79 Å². The molecule has 0 radical (unpaired) electrons. The van der Waals surface area contributed by atoms with E-state index in [4.69, 9.17) is 11.6 Å². The van der Waals surface area contributed by atoms with Gasteiger partial charge in [-0.15, -0.1) is 0 Å². The Bertz CT molecular complexity index is 411. The molecule has 0 saturated heterocycles. The van der Waals surface area contributed by atoms with Gasteiger partial charge in [-0.25, -0.2) is 4.98 Å². The molecule has 1 aliphatic heterocycles. The summed E-state index contributed by atoms with van der Waals surface area (Å²) in [5.41, 5.74) is 0. The van der Waals surface area contributed by atoms with Crippen LogP contribution in [0, 0.1) is 0 Å². The van der Waals surface area contributed by atoms with E-state index in [-0.39, 0.29) is 16.7 Å². The van der Waals surface area contributed by atoms with E-state index < -0.39 is 12.0 Å². The average Bonchev–Trinajstić information content (AvgIpc) is 2.08. The van der Waals surface area contributed by atoms with Gasteiger partial charge in [-0.3, -0.25) is 10.1 Å². The van der Waals surface area contributed by atoms with Crippen molar-refractivity contribution in [3.63, 3.8) is 0 Å². The molecule has 2 heterocycles. The topological polar surface area (TPSA) is 51.2 Å². The molecular formula is C7H3ClF2N2O2. The molecule has 0 aromatic carbocycles. The standard InChI is InChI=1S/C7H3ClF2N2O2/c8-4-2-1-3-5(11-4)12-6(13)7(9,10)14-3/h1-2H,(H,11,12,13). The van der Waals surface area contributed by atoms with E-state index >= 15 is 0 Å². The fourth-order valence-corrected chi connectivity index (χ4v) is 1.11. The Morgan fingerprint density at radius 1 is 1.50 bits per heavy atom. The number of aromatic nitrogens is 1. The molecule has 0 aliphatic carbocycles. The first kappa shape index (κ1) is 9.14. The van der Waals surface area contributed by atoms with Crippen LogP contribution in [0.4, 0.5) is 14.6 Å². The van der Waals surface area contributed by atoms with E-state index in [0.717, 1.165) is 0 Å². The Labute approximate surface area is 81.8 Å². The number of rotatable bonds is 0. The third-order valence-electron chi connectivity index (χ3n) is 1.56. The second kappa shape index (κ2) is 2.78. The lowest BCUT2D eigenvalue weighted by Gasteiger charge is -2.23. The number of ether oxygens (including phenoxy) is 1. The highest BCUT2D eigenvalue weighted by molar-refractivity contribution is 6.29. The molecule has 0 saturated carbocycles. The van der Waals surface area contributed by atoms with Crippen LogP contribution in [0.3, 0.4) is 0 Å². The second-order valence-corrected chi connectivity index (χ2v) is 2.94. The Kier molecular flexibility index (Phi) is 1.81. The number of alkyl halides is 2. The molecule has 0 spiro atoms. The van der Waals surface area contributed by atoms with Gasteiger partial charge in [-0.2, -0.15) is 8.78 Å². The van der Waals surface area contributed by atoms with Crippen LogP contribution in [-0.4, -0.2) is 17.0 Å². The van der Waals surface area contributed by atoms with E-state index in [1.165, 1.54) is 12.1 Å². The summed E-state index contributed by atoms with van der Waals surface area (Å²) < 4.78 is 29.5. The molecule has 0 bridgehead atoms. The number of carbonyl (C=O) groups is 1. The van der Waals surface area contributed by atoms with E-state index in [9.17, 15) is 13.6 Å². The summed E-state index contributed by atoms with van der Waals surface area (Å²) >= 11 is 5.49. The zero-order chi connectivity index (χ0) is 10.3. The van der Waals surface area contributed by atoms with Crippen molar-refractivity contribution < 1.29 is 18.3 Å². The number of amides is 1. The van der Waals surface area contributed by atoms with Crippen molar-refractivity contribution in [2.45, 2.75) is 6.11 Å². The first-order chi connectivity index (χ1) is 6.49. The van der Waals surface area contributed by atoms with E-state index in [0.29, 0.717) is 0 Å². The van der Waals surface area contributed by atoms with Crippen molar-refractivity contribution in [1.82, 2.24) is 4.98 Å². The number of pyridine rings is 1. The first-order valence-electron chi connectivity index (χ1n) is 3.54. The van der Waals surface area contributed by atoms with Gasteiger partial charge in [0.2, 0.25) is 0 Å². The van der Waals surface area contributed by atoms with Gasteiger partial charge in [0.1, 0.15) is 5.15 Å². The van der Waals surface area contributed by atoms with Crippen LogP contribution in [0.1, 0.15) is 0 Å². The average molecular weight is 221 g/mol. The fraction of sp³-hybridized carbons (Fsp3) is 0.143. The van der Waals surface area contributed by atoms with Crippen LogP contribution in [0.2, 0.25) is 5.15 Å². The molecule has 0 atom stereocenters. The zero-order valence-corrected chi connectivity index (χ0v) is 7.31. The molecule has 2 rings (SSSR count). The molecule has 1 aromatic heterocycles. The van der Waals surface area contributed by atoms with Crippen LogP contribution in [0.15, 0.2) is 12.1 Å². The Hall–Kier alpha value is -1.43. The smallest absolute Gasteiger partial charge is 0.421 e. The molecule has 0 unspecified atom stereocenters. The zero-order valence-electron chi connectivity index (χ0n) is 6.55. The van der Waals surface area contributed by atoms with Crippen LogP contribution in [0.5, 0.6) is 5.75 Å².